The summed E-state index contributed by atoms with van der Waals surface area (Å²) < 4.78 is 53.7. The van der Waals surface area contributed by atoms with E-state index in [1.165, 1.54) is 25.1 Å². The first kappa shape index (κ1) is 15.8. The first-order valence-electron chi connectivity index (χ1n) is 5.89. The first-order valence-corrected chi connectivity index (χ1v) is 7.75. The molecule has 1 heterocycles. The van der Waals surface area contributed by atoms with Crippen LogP contribution in [0.1, 0.15) is 18.5 Å². The van der Waals surface area contributed by atoms with Gasteiger partial charge in [-0.3, -0.25) is 0 Å². The summed E-state index contributed by atoms with van der Waals surface area (Å²) in [6.07, 6.45) is 1.06. The summed E-state index contributed by atoms with van der Waals surface area (Å²) in [4.78, 5) is 3.52. The van der Waals surface area contributed by atoms with Crippen LogP contribution in [-0.4, -0.2) is 13.4 Å². The Kier molecular flexibility index (Phi) is 4.55. The van der Waals surface area contributed by atoms with Crippen LogP contribution in [0, 0.1) is 11.6 Å². The number of nitrogens with one attached hydrogen (secondary N) is 1. The summed E-state index contributed by atoms with van der Waals surface area (Å²) in [6.45, 7) is 1.35. The molecule has 2 aromatic rings. The highest BCUT2D eigenvalue weighted by Crippen LogP contribution is 2.22. The number of hydrogen-bond donors (Lipinski definition) is 1. The van der Waals surface area contributed by atoms with Crippen LogP contribution in [0.4, 0.5) is 8.78 Å². The molecule has 1 aromatic carbocycles. The Morgan fingerprint density at radius 2 is 1.81 bits per heavy atom. The second-order valence-corrected chi connectivity index (χ2v) is 6.40. The van der Waals surface area contributed by atoms with Crippen LogP contribution >= 0.6 is 11.6 Å². The lowest BCUT2D eigenvalue weighted by Gasteiger charge is -2.16. The van der Waals surface area contributed by atoms with Crippen LogP contribution in [-0.2, 0) is 10.0 Å². The topological polar surface area (TPSA) is 59.1 Å². The van der Waals surface area contributed by atoms with E-state index in [9.17, 15) is 17.2 Å². The lowest BCUT2D eigenvalue weighted by Crippen LogP contribution is -2.28. The van der Waals surface area contributed by atoms with Gasteiger partial charge in [0.05, 0.1) is 0 Å². The fourth-order valence-corrected chi connectivity index (χ4v) is 3.08. The van der Waals surface area contributed by atoms with E-state index in [2.05, 4.69) is 9.71 Å². The second-order valence-electron chi connectivity index (χ2n) is 4.29. The van der Waals surface area contributed by atoms with Crippen LogP contribution in [0.3, 0.4) is 0 Å². The molecule has 0 fully saturated rings. The summed E-state index contributed by atoms with van der Waals surface area (Å²) in [6, 6.07) is 4.82. The molecule has 0 saturated carbocycles. The van der Waals surface area contributed by atoms with E-state index in [0.29, 0.717) is 0 Å². The van der Waals surface area contributed by atoms with Crippen LogP contribution < -0.4 is 4.72 Å². The number of nitrogens with zero attached hydrogens (tertiary/aromatic N) is 1. The van der Waals surface area contributed by atoms with Crippen molar-refractivity contribution in [3.8, 4) is 0 Å². The van der Waals surface area contributed by atoms with Crippen molar-refractivity contribution in [1.82, 2.24) is 9.71 Å². The van der Waals surface area contributed by atoms with Crippen LogP contribution in [0.25, 0.3) is 0 Å². The molecule has 0 saturated heterocycles. The number of benzene rings is 1. The Hall–Kier alpha value is -1.57. The van der Waals surface area contributed by atoms with E-state index >= 15 is 0 Å². The molecule has 1 aromatic heterocycles. The van der Waals surface area contributed by atoms with Gasteiger partial charge < -0.3 is 0 Å². The van der Waals surface area contributed by atoms with Gasteiger partial charge in [-0.25, -0.2) is 26.9 Å². The molecule has 0 radical (unpaired) electrons. The van der Waals surface area contributed by atoms with E-state index in [4.69, 9.17) is 11.6 Å². The molecule has 2 rings (SSSR count). The van der Waals surface area contributed by atoms with E-state index in [0.717, 1.165) is 18.3 Å². The quantitative estimate of drug-likeness (QED) is 0.875. The van der Waals surface area contributed by atoms with Crippen molar-refractivity contribution in [2.45, 2.75) is 17.9 Å². The Labute approximate surface area is 125 Å². The summed E-state index contributed by atoms with van der Waals surface area (Å²) in [5, 5.41) is 0.141. The first-order chi connectivity index (χ1) is 9.81. The van der Waals surface area contributed by atoms with Gasteiger partial charge in [0.2, 0.25) is 10.0 Å². The van der Waals surface area contributed by atoms with E-state index in [1.807, 2.05) is 0 Å². The number of sulfonamides is 1. The lowest BCUT2D eigenvalue weighted by molar-refractivity contribution is 0.514. The third kappa shape index (κ3) is 3.55. The zero-order valence-corrected chi connectivity index (χ0v) is 12.4. The molecule has 21 heavy (non-hydrogen) atoms. The van der Waals surface area contributed by atoms with Crippen molar-refractivity contribution in [2.24, 2.45) is 0 Å². The molecule has 0 aliphatic carbocycles. The molecule has 1 atom stereocenters. The molecule has 112 valence electrons. The number of hydrogen-bond acceptors (Lipinski definition) is 3. The summed E-state index contributed by atoms with van der Waals surface area (Å²) in [5.41, 5.74) is -0.344. The van der Waals surface area contributed by atoms with E-state index in [1.54, 1.807) is 0 Å². The van der Waals surface area contributed by atoms with Gasteiger partial charge in [0, 0.05) is 17.8 Å². The molecule has 0 aliphatic rings. The fourth-order valence-electron chi connectivity index (χ4n) is 1.81. The van der Waals surface area contributed by atoms with E-state index in [-0.39, 0.29) is 15.6 Å². The number of rotatable bonds is 4. The minimum Gasteiger partial charge on any atom is -0.243 e. The maximum Gasteiger partial charge on any atom is 0.242 e. The normalized spacial score (nSPS) is 13.1. The monoisotopic (exact) mass is 332 g/mol. The molecule has 0 bridgehead atoms. The van der Waals surface area contributed by atoms with Gasteiger partial charge in [-0.1, -0.05) is 17.7 Å². The van der Waals surface area contributed by atoms with Crippen molar-refractivity contribution in [2.75, 3.05) is 0 Å². The summed E-state index contributed by atoms with van der Waals surface area (Å²) >= 11 is 5.58. The molecule has 0 amide bonds. The fraction of sp³-hybridized carbons (Fsp3) is 0.154. The SMILES string of the molecule is CC(NS(=O)(=O)c1ccc(Cl)nc1)c1c(F)cccc1F. The molecular weight excluding hydrogens is 322 g/mol. The zero-order chi connectivity index (χ0) is 15.6. The van der Waals surface area contributed by atoms with Crippen molar-refractivity contribution in [1.29, 1.82) is 0 Å². The van der Waals surface area contributed by atoms with Crippen LogP contribution in [0.15, 0.2) is 41.4 Å². The Morgan fingerprint density at radius 3 is 2.33 bits per heavy atom. The van der Waals surface area contributed by atoms with Gasteiger partial charge >= 0.3 is 0 Å². The predicted octanol–water partition coefficient (Wildman–Crippen LogP) is 3.05. The highest BCUT2D eigenvalue weighted by Gasteiger charge is 2.23. The molecule has 0 spiro atoms. The highest BCUT2D eigenvalue weighted by atomic mass is 35.5. The third-order valence-electron chi connectivity index (χ3n) is 2.78. The maximum atomic E-state index is 13.6. The standard InChI is InChI=1S/C13H11ClF2N2O2S/c1-8(13-10(15)3-2-4-11(13)16)18-21(19,20)9-5-6-12(14)17-7-9/h2-8,18H,1H3. The molecular formula is C13H11ClF2N2O2S. The van der Waals surface area contributed by atoms with Gasteiger partial charge in [0.1, 0.15) is 21.7 Å². The Bertz CT molecular complexity index is 731. The van der Waals surface area contributed by atoms with Crippen LogP contribution in [0.2, 0.25) is 5.15 Å². The maximum absolute atomic E-state index is 13.6. The molecule has 4 nitrogen and oxygen atoms in total. The average molecular weight is 333 g/mol. The van der Waals surface area contributed by atoms with Gasteiger partial charge in [0.25, 0.3) is 0 Å². The minimum atomic E-state index is -3.96. The van der Waals surface area contributed by atoms with Crippen molar-refractivity contribution in [3.63, 3.8) is 0 Å². The smallest absolute Gasteiger partial charge is 0.242 e. The van der Waals surface area contributed by atoms with Gasteiger partial charge in [-0.15, -0.1) is 0 Å². The molecule has 1 unspecified atom stereocenters. The largest absolute Gasteiger partial charge is 0.243 e. The summed E-state index contributed by atoms with van der Waals surface area (Å²) in [7, 11) is -3.96. The lowest BCUT2D eigenvalue weighted by atomic mass is 10.1. The third-order valence-corrected chi connectivity index (χ3v) is 4.52. The Morgan fingerprint density at radius 1 is 1.19 bits per heavy atom. The van der Waals surface area contributed by atoms with Crippen molar-refractivity contribution >= 4 is 21.6 Å². The summed E-state index contributed by atoms with van der Waals surface area (Å²) in [5.74, 6) is -1.64. The molecule has 8 heteroatoms. The van der Waals surface area contributed by atoms with E-state index < -0.39 is 27.7 Å². The van der Waals surface area contributed by atoms with Crippen molar-refractivity contribution in [3.05, 3.63) is 58.9 Å². The molecule has 1 N–H and O–H groups in total. The van der Waals surface area contributed by atoms with Gasteiger partial charge in [-0.05, 0) is 31.2 Å². The average Bonchev–Trinajstić information content (AvgIpc) is 2.38. The zero-order valence-electron chi connectivity index (χ0n) is 10.8. The predicted molar refractivity (Wildman–Crippen MR) is 74.3 cm³/mol. The highest BCUT2D eigenvalue weighted by molar-refractivity contribution is 7.89. The second kappa shape index (κ2) is 6.05. The molecule has 0 aliphatic heterocycles. The minimum absolute atomic E-state index is 0.141. The van der Waals surface area contributed by atoms with Crippen molar-refractivity contribution < 1.29 is 17.2 Å². The number of pyridine rings is 1. The van der Waals surface area contributed by atoms with Gasteiger partial charge in [-0.2, -0.15) is 0 Å². The van der Waals surface area contributed by atoms with Crippen LogP contribution in [0.5, 0.6) is 0 Å². The Balaban J connectivity index is 2.30. The number of halogens is 3. The van der Waals surface area contributed by atoms with Gasteiger partial charge in [0.15, 0.2) is 0 Å². The number of aromatic nitrogens is 1.